The highest BCUT2D eigenvalue weighted by Crippen LogP contribution is 2.28. The van der Waals surface area contributed by atoms with E-state index in [0.29, 0.717) is 0 Å². The summed E-state index contributed by atoms with van der Waals surface area (Å²) in [4.78, 5) is 0. The molecular weight excluding hydrogens is 282 g/mol. The van der Waals surface area contributed by atoms with E-state index in [1.165, 1.54) is 26.8 Å². The van der Waals surface area contributed by atoms with Crippen LogP contribution in [0.5, 0.6) is 0 Å². The lowest BCUT2D eigenvalue weighted by atomic mass is 10.0. The molecule has 1 N–H and O–H groups in total. The number of benzene rings is 2. The van der Waals surface area contributed by atoms with Gasteiger partial charge in [-0.15, -0.1) is 0 Å². The molecule has 1 nitrogen and oxygen atoms in total. The highest BCUT2D eigenvalue weighted by Gasteiger charge is 2.18. The van der Waals surface area contributed by atoms with E-state index >= 15 is 0 Å². The van der Waals surface area contributed by atoms with E-state index in [4.69, 9.17) is 0 Å². The lowest BCUT2D eigenvalue weighted by molar-refractivity contribution is 0.562. The van der Waals surface area contributed by atoms with Gasteiger partial charge >= 0.3 is 0 Å². The van der Waals surface area contributed by atoms with Gasteiger partial charge in [0.25, 0.3) is 0 Å². The minimum absolute atomic E-state index is 0.0124. The Morgan fingerprint density at radius 3 is 2.19 bits per heavy atom. The molecule has 0 aliphatic heterocycles. The second kappa shape index (κ2) is 5.76. The zero-order valence-corrected chi connectivity index (χ0v) is 11.9. The molecule has 0 aromatic heterocycles. The molecule has 1 unspecified atom stereocenters. The van der Waals surface area contributed by atoms with Gasteiger partial charge in [-0.05, 0) is 50.1 Å². The first kappa shape index (κ1) is 15.4. The number of hydrogen-bond donors (Lipinski definition) is 1. The van der Waals surface area contributed by atoms with Gasteiger partial charge in [-0.3, -0.25) is 0 Å². The van der Waals surface area contributed by atoms with Crippen LogP contribution in [-0.4, -0.2) is 0 Å². The van der Waals surface area contributed by atoms with Crippen LogP contribution in [-0.2, 0) is 0 Å². The largest absolute Gasteiger partial charge is 0.374 e. The van der Waals surface area contributed by atoms with E-state index in [1.54, 1.807) is 0 Å². The van der Waals surface area contributed by atoms with Crippen LogP contribution in [0.15, 0.2) is 24.3 Å². The second-order valence-corrected chi connectivity index (χ2v) is 5.04. The maximum atomic E-state index is 13.9. The summed E-state index contributed by atoms with van der Waals surface area (Å²) in [7, 11) is 0. The standard InChI is InChI=1S/C16H15F4N/c1-8-4-5-12(17)16(15(8)20)21-10(3)11-7-13(18)9(2)6-14(11)19/h4-7,10,21H,1-3H3. The molecule has 0 amide bonds. The van der Waals surface area contributed by atoms with Gasteiger partial charge in [0.2, 0.25) is 0 Å². The average Bonchev–Trinajstić information content (AvgIpc) is 2.43. The molecule has 0 saturated heterocycles. The van der Waals surface area contributed by atoms with E-state index in [9.17, 15) is 17.6 Å². The SMILES string of the molecule is Cc1cc(F)c(C(C)Nc2c(F)ccc(C)c2F)cc1F. The van der Waals surface area contributed by atoms with Crippen molar-refractivity contribution < 1.29 is 17.6 Å². The molecule has 0 bridgehead atoms. The molecule has 0 heterocycles. The summed E-state index contributed by atoms with van der Waals surface area (Å²) in [5.41, 5.74) is 0.110. The molecule has 0 spiro atoms. The summed E-state index contributed by atoms with van der Waals surface area (Å²) in [5, 5.41) is 2.57. The van der Waals surface area contributed by atoms with Crippen LogP contribution in [0.3, 0.4) is 0 Å². The minimum atomic E-state index is -0.786. The van der Waals surface area contributed by atoms with E-state index < -0.39 is 29.3 Å². The molecule has 0 aliphatic rings. The fourth-order valence-corrected chi connectivity index (χ4v) is 2.08. The predicted octanol–water partition coefficient (Wildman–Crippen LogP) is 5.03. The molecule has 0 saturated carbocycles. The van der Waals surface area contributed by atoms with E-state index in [1.807, 2.05) is 0 Å². The van der Waals surface area contributed by atoms with Crippen molar-refractivity contribution in [1.82, 2.24) is 0 Å². The fraction of sp³-hybridized carbons (Fsp3) is 0.250. The quantitative estimate of drug-likeness (QED) is 0.783. The molecule has 0 fully saturated rings. The summed E-state index contributed by atoms with van der Waals surface area (Å²) in [5.74, 6) is -2.71. The highest BCUT2D eigenvalue weighted by molar-refractivity contribution is 5.50. The summed E-state index contributed by atoms with van der Waals surface area (Å²) >= 11 is 0. The Bertz CT molecular complexity index is 682. The van der Waals surface area contributed by atoms with Crippen molar-refractivity contribution in [3.05, 3.63) is 64.2 Å². The first-order valence-electron chi connectivity index (χ1n) is 6.48. The van der Waals surface area contributed by atoms with Gasteiger partial charge in [-0.25, -0.2) is 17.6 Å². The van der Waals surface area contributed by atoms with Gasteiger partial charge in [0.1, 0.15) is 23.1 Å². The number of halogens is 4. The van der Waals surface area contributed by atoms with Gasteiger partial charge < -0.3 is 5.32 Å². The number of nitrogens with one attached hydrogen (secondary N) is 1. The minimum Gasteiger partial charge on any atom is -0.374 e. The Kier molecular flexibility index (Phi) is 4.21. The third-order valence-electron chi connectivity index (χ3n) is 3.39. The van der Waals surface area contributed by atoms with Gasteiger partial charge in [-0.1, -0.05) is 6.07 Å². The van der Waals surface area contributed by atoms with Gasteiger partial charge in [-0.2, -0.15) is 0 Å². The van der Waals surface area contributed by atoms with Gasteiger partial charge in [0, 0.05) is 5.56 Å². The molecule has 21 heavy (non-hydrogen) atoms. The van der Waals surface area contributed by atoms with Crippen LogP contribution in [0.25, 0.3) is 0 Å². The van der Waals surface area contributed by atoms with Crippen LogP contribution < -0.4 is 5.32 Å². The van der Waals surface area contributed by atoms with Crippen molar-refractivity contribution in [2.45, 2.75) is 26.8 Å². The molecule has 0 aliphatic carbocycles. The van der Waals surface area contributed by atoms with Crippen LogP contribution >= 0.6 is 0 Å². The lowest BCUT2D eigenvalue weighted by Crippen LogP contribution is -2.12. The summed E-state index contributed by atoms with van der Waals surface area (Å²) in [6.45, 7) is 4.45. The van der Waals surface area contributed by atoms with Crippen molar-refractivity contribution in [3.63, 3.8) is 0 Å². The van der Waals surface area contributed by atoms with Gasteiger partial charge in [0.05, 0.1) is 6.04 Å². The van der Waals surface area contributed by atoms with Crippen molar-refractivity contribution in [2.24, 2.45) is 0 Å². The van der Waals surface area contributed by atoms with Crippen LogP contribution in [0.2, 0.25) is 0 Å². The maximum Gasteiger partial charge on any atom is 0.152 e. The Morgan fingerprint density at radius 2 is 1.52 bits per heavy atom. The molecule has 1 atom stereocenters. The number of hydrogen-bond acceptors (Lipinski definition) is 1. The normalized spacial score (nSPS) is 12.3. The smallest absolute Gasteiger partial charge is 0.152 e. The Balaban J connectivity index is 2.37. The Morgan fingerprint density at radius 1 is 0.857 bits per heavy atom. The molecular formula is C16H15F4N. The van der Waals surface area contributed by atoms with Crippen LogP contribution in [0, 0.1) is 37.1 Å². The number of rotatable bonds is 3. The monoisotopic (exact) mass is 297 g/mol. The van der Waals surface area contributed by atoms with Gasteiger partial charge in [0.15, 0.2) is 5.82 Å². The third kappa shape index (κ3) is 3.01. The van der Waals surface area contributed by atoms with Crippen molar-refractivity contribution in [3.8, 4) is 0 Å². The molecule has 0 radical (unpaired) electrons. The topological polar surface area (TPSA) is 12.0 Å². The zero-order chi connectivity index (χ0) is 15.7. The fourth-order valence-electron chi connectivity index (χ4n) is 2.08. The summed E-state index contributed by atoms with van der Waals surface area (Å²) in [6, 6.07) is 3.75. The molecule has 2 aromatic carbocycles. The van der Waals surface area contributed by atoms with Crippen LogP contribution in [0.1, 0.15) is 29.7 Å². The van der Waals surface area contributed by atoms with E-state index in [2.05, 4.69) is 5.32 Å². The third-order valence-corrected chi connectivity index (χ3v) is 3.39. The molecule has 112 valence electrons. The van der Waals surface area contributed by atoms with E-state index in [-0.39, 0.29) is 22.4 Å². The first-order valence-corrected chi connectivity index (χ1v) is 6.48. The van der Waals surface area contributed by atoms with Crippen molar-refractivity contribution in [1.29, 1.82) is 0 Å². The van der Waals surface area contributed by atoms with Crippen molar-refractivity contribution >= 4 is 5.69 Å². The maximum absolute atomic E-state index is 13.9. The number of anilines is 1. The lowest BCUT2D eigenvalue weighted by Gasteiger charge is -2.18. The predicted molar refractivity (Wildman–Crippen MR) is 74.2 cm³/mol. The summed E-state index contributed by atoms with van der Waals surface area (Å²) < 4.78 is 55.0. The Labute approximate surface area is 120 Å². The molecule has 5 heteroatoms. The number of aryl methyl sites for hydroxylation is 2. The molecule has 2 rings (SSSR count). The second-order valence-electron chi connectivity index (χ2n) is 5.04. The first-order chi connectivity index (χ1) is 9.81. The zero-order valence-electron chi connectivity index (χ0n) is 11.9. The summed E-state index contributed by atoms with van der Waals surface area (Å²) in [6.07, 6.45) is 0. The van der Waals surface area contributed by atoms with Crippen molar-refractivity contribution in [2.75, 3.05) is 5.32 Å². The molecule has 2 aromatic rings. The van der Waals surface area contributed by atoms with E-state index in [0.717, 1.165) is 18.2 Å². The highest BCUT2D eigenvalue weighted by atomic mass is 19.1. The Hall–Kier alpha value is -2.04. The van der Waals surface area contributed by atoms with Crippen LogP contribution in [0.4, 0.5) is 23.2 Å². The average molecular weight is 297 g/mol.